The average molecular weight is 383 g/mol. The third-order valence-corrected chi connectivity index (χ3v) is 4.54. The molecule has 122 valence electrons. The lowest BCUT2D eigenvalue weighted by molar-refractivity contribution is 0.699. The minimum Gasteiger partial charge on any atom is -0.382 e. The van der Waals surface area contributed by atoms with Crippen LogP contribution in [0.1, 0.15) is 5.56 Å². The van der Waals surface area contributed by atoms with Crippen molar-refractivity contribution in [3.8, 4) is 11.3 Å². The van der Waals surface area contributed by atoms with Crippen LogP contribution in [0.15, 0.2) is 71.6 Å². The summed E-state index contributed by atoms with van der Waals surface area (Å²) in [5.41, 5.74) is 10.4. The summed E-state index contributed by atoms with van der Waals surface area (Å²) < 4.78 is 0.933. The molecule has 1 atom stereocenters. The molecule has 0 saturated heterocycles. The summed E-state index contributed by atoms with van der Waals surface area (Å²) in [6.45, 7) is 0.688. The zero-order valence-corrected chi connectivity index (χ0v) is 14.8. The van der Waals surface area contributed by atoms with Gasteiger partial charge in [-0.3, -0.25) is 9.97 Å². The molecule has 0 fully saturated rings. The molecule has 5 heteroatoms. The van der Waals surface area contributed by atoms with Gasteiger partial charge in [0, 0.05) is 36.7 Å². The van der Waals surface area contributed by atoms with E-state index in [0.29, 0.717) is 6.54 Å². The van der Waals surface area contributed by atoms with Crippen LogP contribution < -0.4 is 11.1 Å². The lowest BCUT2D eigenvalue weighted by Crippen LogP contribution is -2.31. The highest BCUT2D eigenvalue weighted by Gasteiger charge is 2.10. The van der Waals surface area contributed by atoms with E-state index < -0.39 is 0 Å². The van der Waals surface area contributed by atoms with Crippen molar-refractivity contribution < 1.29 is 0 Å². The van der Waals surface area contributed by atoms with E-state index in [0.717, 1.165) is 27.8 Å². The molecule has 2 aromatic heterocycles. The molecule has 2 heterocycles. The number of anilines is 1. The number of nitrogens with zero attached hydrogens (tertiary/aromatic N) is 2. The van der Waals surface area contributed by atoms with Crippen LogP contribution in [-0.2, 0) is 6.42 Å². The Kier molecular flexibility index (Phi) is 5.56. The Morgan fingerprint density at radius 2 is 1.75 bits per heavy atom. The SMILES string of the molecule is N[C@H](CNc1ccnc(-c2ccncc2)c1Br)Cc1ccccc1. The lowest BCUT2D eigenvalue weighted by atomic mass is 10.1. The normalized spacial score (nSPS) is 11.9. The number of benzene rings is 1. The number of aromatic nitrogens is 2. The molecule has 1 aromatic carbocycles. The van der Waals surface area contributed by atoms with E-state index in [-0.39, 0.29) is 6.04 Å². The van der Waals surface area contributed by atoms with Crippen molar-refractivity contribution in [3.63, 3.8) is 0 Å². The predicted octanol–water partition coefficient (Wildman–Crippen LogP) is 3.89. The number of rotatable bonds is 6. The zero-order valence-electron chi connectivity index (χ0n) is 13.2. The fourth-order valence-corrected chi connectivity index (χ4v) is 3.13. The predicted molar refractivity (Wildman–Crippen MR) is 102 cm³/mol. The van der Waals surface area contributed by atoms with Gasteiger partial charge in [-0.15, -0.1) is 0 Å². The molecule has 4 nitrogen and oxygen atoms in total. The van der Waals surface area contributed by atoms with Gasteiger partial charge >= 0.3 is 0 Å². The van der Waals surface area contributed by atoms with Crippen molar-refractivity contribution in [1.82, 2.24) is 9.97 Å². The standard InChI is InChI=1S/C19H19BrN4/c20-18-17(8-11-23-19(18)15-6-9-22-10-7-15)24-13-16(21)12-14-4-2-1-3-5-14/h1-11,16H,12-13,21H2,(H,23,24)/t16-/m0/s1. The number of pyridine rings is 2. The summed E-state index contributed by atoms with van der Waals surface area (Å²) >= 11 is 3.65. The molecular weight excluding hydrogens is 364 g/mol. The molecule has 3 rings (SSSR count). The Morgan fingerprint density at radius 3 is 2.50 bits per heavy atom. The van der Waals surface area contributed by atoms with Crippen LogP contribution in [0.25, 0.3) is 11.3 Å². The van der Waals surface area contributed by atoms with Crippen LogP contribution in [0.2, 0.25) is 0 Å². The summed E-state index contributed by atoms with van der Waals surface area (Å²) in [6, 6.07) is 16.2. The molecule has 24 heavy (non-hydrogen) atoms. The second kappa shape index (κ2) is 8.04. The maximum atomic E-state index is 6.25. The van der Waals surface area contributed by atoms with Gasteiger partial charge in [-0.05, 0) is 46.1 Å². The van der Waals surface area contributed by atoms with Crippen LogP contribution in [0, 0.1) is 0 Å². The van der Waals surface area contributed by atoms with Gasteiger partial charge in [-0.25, -0.2) is 0 Å². The largest absolute Gasteiger partial charge is 0.382 e. The summed E-state index contributed by atoms with van der Waals surface area (Å²) in [4.78, 5) is 8.51. The Hall–Kier alpha value is -2.24. The first-order valence-corrected chi connectivity index (χ1v) is 8.61. The highest BCUT2D eigenvalue weighted by atomic mass is 79.9. The van der Waals surface area contributed by atoms with Gasteiger partial charge in [0.15, 0.2) is 0 Å². The van der Waals surface area contributed by atoms with Gasteiger partial charge in [-0.2, -0.15) is 0 Å². The molecule has 0 saturated carbocycles. The van der Waals surface area contributed by atoms with Crippen LogP contribution in [0.4, 0.5) is 5.69 Å². The van der Waals surface area contributed by atoms with Crippen LogP contribution in [-0.4, -0.2) is 22.6 Å². The fraction of sp³-hybridized carbons (Fsp3) is 0.158. The van der Waals surface area contributed by atoms with Crippen LogP contribution in [0.5, 0.6) is 0 Å². The summed E-state index contributed by atoms with van der Waals surface area (Å²) in [7, 11) is 0. The molecule has 3 N–H and O–H groups in total. The van der Waals surface area contributed by atoms with Crippen molar-refractivity contribution >= 4 is 21.6 Å². The fourth-order valence-electron chi connectivity index (χ4n) is 2.52. The summed E-state index contributed by atoms with van der Waals surface area (Å²) in [6.07, 6.45) is 6.16. The van der Waals surface area contributed by atoms with Gasteiger partial charge in [0.2, 0.25) is 0 Å². The molecule has 0 aliphatic rings. The second-order valence-electron chi connectivity index (χ2n) is 5.59. The number of hydrogen-bond donors (Lipinski definition) is 2. The molecular formula is C19H19BrN4. The molecule has 0 bridgehead atoms. The number of nitrogens with two attached hydrogens (primary N) is 1. The number of nitrogens with one attached hydrogen (secondary N) is 1. The van der Waals surface area contributed by atoms with Gasteiger partial charge in [0.1, 0.15) is 0 Å². The van der Waals surface area contributed by atoms with E-state index in [1.165, 1.54) is 5.56 Å². The van der Waals surface area contributed by atoms with Gasteiger partial charge in [-0.1, -0.05) is 30.3 Å². The monoisotopic (exact) mass is 382 g/mol. The van der Waals surface area contributed by atoms with Crippen LogP contribution >= 0.6 is 15.9 Å². The van der Waals surface area contributed by atoms with Crippen molar-refractivity contribution in [2.24, 2.45) is 5.73 Å². The number of hydrogen-bond acceptors (Lipinski definition) is 4. The minimum absolute atomic E-state index is 0.0387. The topological polar surface area (TPSA) is 63.8 Å². The average Bonchev–Trinajstić information content (AvgIpc) is 2.62. The van der Waals surface area contributed by atoms with E-state index in [4.69, 9.17) is 5.73 Å². The van der Waals surface area contributed by atoms with E-state index in [1.54, 1.807) is 18.6 Å². The Balaban J connectivity index is 1.67. The molecule has 0 aliphatic carbocycles. The quantitative estimate of drug-likeness (QED) is 0.678. The third kappa shape index (κ3) is 4.19. The van der Waals surface area contributed by atoms with Crippen molar-refractivity contribution in [1.29, 1.82) is 0 Å². The number of halogens is 1. The Bertz CT molecular complexity index is 778. The zero-order chi connectivity index (χ0) is 16.8. The maximum Gasteiger partial charge on any atom is 0.0866 e. The summed E-state index contributed by atoms with van der Waals surface area (Å²) in [5, 5.41) is 3.42. The smallest absolute Gasteiger partial charge is 0.0866 e. The second-order valence-corrected chi connectivity index (χ2v) is 6.38. The molecule has 0 aliphatic heterocycles. The van der Waals surface area contributed by atoms with E-state index in [1.807, 2.05) is 36.4 Å². The van der Waals surface area contributed by atoms with E-state index in [2.05, 4.69) is 43.3 Å². The minimum atomic E-state index is 0.0387. The Labute approximate surface area is 150 Å². The maximum absolute atomic E-state index is 6.25. The van der Waals surface area contributed by atoms with Crippen LogP contribution in [0.3, 0.4) is 0 Å². The van der Waals surface area contributed by atoms with Crippen molar-refractivity contribution in [2.75, 3.05) is 11.9 Å². The van der Waals surface area contributed by atoms with Gasteiger partial charge < -0.3 is 11.1 Å². The first kappa shape index (κ1) is 16.6. The molecule has 0 amide bonds. The summed E-state index contributed by atoms with van der Waals surface area (Å²) in [5.74, 6) is 0. The molecule has 0 radical (unpaired) electrons. The first-order chi connectivity index (χ1) is 11.7. The van der Waals surface area contributed by atoms with Gasteiger partial charge in [0.05, 0.1) is 15.9 Å². The third-order valence-electron chi connectivity index (χ3n) is 3.74. The molecule has 0 spiro atoms. The first-order valence-electron chi connectivity index (χ1n) is 7.82. The molecule has 3 aromatic rings. The van der Waals surface area contributed by atoms with Crippen molar-refractivity contribution in [2.45, 2.75) is 12.5 Å². The van der Waals surface area contributed by atoms with E-state index in [9.17, 15) is 0 Å². The lowest BCUT2D eigenvalue weighted by Gasteiger charge is -2.16. The Morgan fingerprint density at radius 1 is 1.00 bits per heavy atom. The molecule has 0 unspecified atom stereocenters. The highest BCUT2D eigenvalue weighted by molar-refractivity contribution is 9.10. The van der Waals surface area contributed by atoms with Crippen molar-refractivity contribution in [3.05, 3.63) is 77.2 Å². The van der Waals surface area contributed by atoms with Gasteiger partial charge in [0.25, 0.3) is 0 Å². The van der Waals surface area contributed by atoms with E-state index >= 15 is 0 Å². The highest BCUT2D eigenvalue weighted by Crippen LogP contribution is 2.31.